The molecule has 4 nitrogen and oxygen atoms in total. The number of piperazine rings is 1. The minimum atomic E-state index is -0.633. The third-order valence-corrected chi connectivity index (χ3v) is 4.45. The maximum Gasteiger partial charge on any atom is 0.409 e. The van der Waals surface area contributed by atoms with Crippen LogP contribution in [0.1, 0.15) is 6.92 Å². The Labute approximate surface area is 94.0 Å². The molecule has 1 rings (SSSR count). The minimum Gasteiger partial charge on any atom is -0.450 e. The van der Waals surface area contributed by atoms with E-state index in [0.717, 1.165) is 26.2 Å². The first-order chi connectivity index (χ1) is 6.95. The number of rotatable bonds is 2. The first-order valence-corrected chi connectivity index (χ1v) is 8.11. The zero-order valence-corrected chi connectivity index (χ0v) is 11.0. The third kappa shape index (κ3) is 3.57. The molecule has 0 aliphatic carbocycles. The monoisotopic (exact) mass is 234 g/mol. The summed E-state index contributed by atoms with van der Waals surface area (Å²) in [6, 6.07) is 0. The van der Waals surface area contributed by atoms with Crippen LogP contribution >= 0.6 is 10.2 Å². The molecule has 0 aromatic heterocycles. The molecule has 15 heavy (non-hydrogen) atoms. The summed E-state index contributed by atoms with van der Waals surface area (Å²) in [6.45, 7) is 5.83. The van der Waals surface area contributed by atoms with Gasteiger partial charge < -0.3 is 9.64 Å². The maximum atomic E-state index is 11.4. The Morgan fingerprint density at radius 3 is 2.13 bits per heavy atom. The number of nitrogens with zero attached hydrogens (tertiary/aromatic N) is 2. The number of hydrogen-bond donors (Lipinski definition) is 0. The highest BCUT2D eigenvalue weighted by atomic mass is 32.3. The summed E-state index contributed by atoms with van der Waals surface area (Å²) in [7, 11) is -0.633. The van der Waals surface area contributed by atoms with Crippen molar-refractivity contribution >= 4 is 16.3 Å². The fraction of sp³-hybridized carbons (Fsp3) is 0.900. The smallest absolute Gasteiger partial charge is 0.409 e. The van der Waals surface area contributed by atoms with Gasteiger partial charge in [0, 0.05) is 26.2 Å². The first kappa shape index (κ1) is 12.6. The number of amides is 1. The Hall–Kier alpha value is -0.420. The second kappa shape index (κ2) is 5.07. The summed E-state index contributed by atoms with van der Waals surface area (Å²) >= 11 is 0. The fourth-order valence-corrected chi connectivity index (χ4v) is 2.89. The Bertz CT molecular complexity index is 220. The summed E-state index contributed by atoms with van der Waals surface area (Å²) in [5, 5.41) is 0. The van der Waals surface area contributed by atoms with Crippen LogP contribution in [0.3, 0.4) is 0 Å². The fourth-order valence-electron chi connectivity index (χ4n) is 1.63. The Balaban J connectivity index is 2.39. The summed E-state index contributed by atoms with van der Waals surface area (Å²) in [5.74, 6) is 0. The van der Waals surface area contributed by atoms with Crippen LogP contribution in [0.15, 0.2) is 0 Å². The van der Waals surface area contributed by atoms with Crippen molar-refractivity contribution in [2.24, 2.45) is 0 Å². The lowest BCUT2D eigenvalue weighted by atomic mass is 10.4. The average Bonchev–Trinajstić information content (AvgIpc) is 2.17. The van der Waals surface area contributed by atoms with E-state index in [9.17, 15) is 4.79 Å². The van der Waals surface area contributed by atoms with Gasteiger partial charge in [0.2, 0.25) is 0 Å². The molecule has 1 heterocycles. The van der Waals surface area contributed by atoms with Crippen LogP contribution in [0, 0.1) is 0 Å². The van der Waals surface area contributed by atoms with Crippen molar-refractivity contribution in [1.29, 1.82) is 0 Å². The van der Waals surface area contributed by atoms with E-state index in [1.54, 1.807) is 4.90 Å². The van der Waals surface area contributed by atoms with Gasteiger partial charge in [-0.2, -0.15) is 10.2 Å². The predicted octanol–water partition coefficient (Wildman–Crippen LogP) is 1.37. The molecule has 0 atom stereocenters. The zero-order valence-electron chi connectivity index (χ0n) is 10.2. The van der Waals surface area contributed by atoms with Gasteiger partial charge in [-0.3, -0.25) is 4.31 Å². The molecule has 0 bridgehead atoms. The summed E-state index contributed by atoms with van der Waals surface area (Å²) < 4.78 is 7.45. The van der Waals surface area contributed by atoms with E-state index in [-0.39, 0.29) is 6.09 Å². The van der Waals surface area contributed by atoms with Gasteiger partial charge in [-0.05, 0) is 25.7 Å². The van der Waals surface area contributed by atoms with E-state index in [4.69, 9.17) is 4.74 Å². The lowest BCUT2D eigenvalue weighted by molar-refractivity contribution is 0.0943. The second-order valence-corrected chi connectivity index (χ2v) is 8.45. The third-order valence-electron chi connectivity index (χ3n) is 2.54. The maximum absolute atomic E-state index is 11.4. The quantitative estimate of drug-likeness (QED) is 0.723. The van der Waals surface area contributed by atoms with Crippen molar-refractivity contribution in [2.45, 2.75) is 6.92 Å². The SMILES string of the molecule is CCOC(=O)N1CCN(S(C)(C)C)CC1. The van der Waals surface area contributed by atoms with Crippen molar-refractivity contribution in [3.63, 3.8) is 0 Å². The van der Waals surface area contributed by atoms with Gasteiger partial charge in [0.25, 0.3) is 0 Å². The molecule has 5 heteroatoms. The Morgan fingerprint density at radius 1 is 1.20 bits per heavy atom. The molecular formula is C10H22N2O2S. The molecule has 0 aromatic rings. The topological polar surface area (TPSA) is 32.8 Å². The van der Waals surface area contributed by atoms with E-state index in [1.807, 2.05) is 6.92 Å². The molecule has 1 amide bonds. The van der Waals surface area contributed by atoms with Crippen LogP contribution in [-0.2, 0) is 4.74 Å². The molecule has 1 aliphatic rings. The number of ether oxygens (including phenoxy) is 1. The lowest BCUT2D eigenvalue weighted by Gasteiger charge is -2.44. The van der Waals surface area contributed by atoms with Crippen LogP contribution in [0.25, 0.3) is 0 Å². The van der Waals surface area contributed by atoms with Crippen molar-refractivity contribution in [2.75, 3.05) is 51.6 Å². The molecule has 1 saturated heterocycles. The van der Waals surface area contributed by atoms with Gasteiger partial charge in [-0.15, -0.1) is 0 Å². The van der Waals surface area contributed by atoms with Gasteiger partial charge in [0.15, 0.2) is 0 Å². The summed E-state index contributed by atoms with van der Waals surface area (Å²) in [6.07, 6.45) is 6.69. The van der Waals surface area contributed by atoms with Crippen LogP contribution in [0.4, 0.5) is 4.79 Å². The normalized spacial score (nSPS) is 20.1. The van der Waals surface area contributed by atoms with E-state index < -0.39 is 10.2 Å². The number of carbonyl (C=O) groups is 1. The summed E-state index contributed by atoms with van der Waals surface area (Å²) in [5.41, 5.74) is 0. The van der Waals surface area contributed by atoms with E-state index in [2.05, 4.69) is 23.1 Å². The molecule has 0 saturated carbocycles. The highest BCUT2D eigenvalue weighted by Crippen LogP contribution is 2.40. The van der Waals surface area contributed by atoms with Crippen molar-refractivity contribution in [3.8, 4) is 0 Å². The van der Waals surface area contributed by atoms with Gasteiger partial charge in [-0.1, -0.05) is 0 Å². The van der Waals surface area contributed by atoms with E-state index >= 15 is 0 Å². The largest absolute Gasteiger partial charge is 0.450 e. The highest BCUT2D eigenvalue weighted by Gasteiger charge is 2.25. The molecule has 0 spiro atoms. The second-order valence-electron chi connectivity index (χ2n) is 4.39. The van der Waals surface area contributed by atoms with Gasteiger partial charge in [0.1, 0.15) is 0 Å². The molecule has 0 N–H and O–H groups in total. The summed E-state index contributed by atoms with van der Waals surface area (Å²) in [4.78, 5) is 13.2. The molecule has 1 aliphatic heterocycles. The zero-order chi connectivity index (χ0) is 11.5. The van der Waals surface area contributed by atoms with Crippen LogP contribution in [0.5, 0.6) is 0 Å². The van der Waals surface area contributed by atoms with E-state index in [1.165, 1.54) is 0 Å². The van der Waals surface area contributed by atoms with Crippen LogP contribution < -0.4 is 0 Å². The average molecular weight is 234 g/mol. The van der Waals surface area contributed by atoms with Crippen LogP contribution in [0.2, 0.25) is 0 Å². The molecule has 0 unspecified atom stereocenters. The molecule has 90 valence electrons. The Kier molecular flexibility index (Phi) is 4.28. The van der Waals surface area contributed by atoms with Gasteiger partial charge >= 0.3 is 6.09 Å². The van der Waals surface area contributed by atoms with Crippen molar-refractivity contribution in [1.82, 2.24) is 9.21 Å². The first-order valence-electron chi connectivity index (χ1n) is 5.30. The Morgan fingerprint density at radius 2 is 1.73 bits per heavy atom. The van der Waals surface area contributed by atoms with Crippen LogP contribution in [-0.4, -0.2) is 66.9 Å². The lowest BCUT2D eigenvalue weighted by Crippen LogP contribution is -2.49. The molecular weight excluding hydrogens is 212 g/mol. The standard InChI is InChI=1S/C10H22N2O2S/c1-5-14-10(13)11-6-8-12(9-7-11)15(2,3)4/h5-9H2,1-4H3. The highest BCUT2D eigenvalue weighted by molar-refractivity contribution is 8.30. The predicted molar refractivity (Wildman–Crippen MR) is 65.5 cm³/mol. The van der Waals surface area contributed by atoms with E-state index in [0.29, 0.717) is 6.61 Å². The van der Waals surface area contributed by atoms with Crippen molar-refractivity contribution in [3.05, 3.63) is 0 Å². The van der Waals surface area contributed by atoms with Gasteiger partial charge in [-0.25, -0.2) is 4.79 Å². The number of carbonyl (C=O) groups excluding carboxylic acids is 1. The van der Waals surface area contributed by atoms with Crippen molar-refractivity contribution < 1.29 is 9.53 Å². The van der Waals surface area contributed by atoms with Gasteiger partial charge in [0.05, 0.1) is 6.61 Å². The minimum absolute atomic E-state index is 0.166. The number of hydrogen-bond acceptors (Lipinski definition) is 3. The molecule has 0 radical (unpaired) electrons. The molecule has 1 fully saturated rings. The molecule has 0 aromatic carbocycles.